The molecule has 1 saturated carbocycles. The lowest BCUT2D eigenvalue weighted by atomic mass is 9.77. The van der Waals surface area contributed by atoms with Gasteiger partial charge in [0.1, 0.15) is 11.8 Å². The second-order valence-corrected chi connectivity index (χ2v) is 6.88. The van der Waals surface area contributed by atoms with E-state index < -0.39 is 0 Å². The minimum Gasteiger partial charge on any atom is -0.472 e. The van der Waals surface area contributed by atoms with Crippen molar-refractivity contribution in [3.63, 3.8) is 0 Å². The molecule has 1 saturated heterocycles. The number of furan rings is 1. The van der Waals surface area contributed by atoms with E-state index in [0.29, 0.717) is 17.7 Å². The third kappa shape index (κ3) is 3.07. The average molecular weight is 352 g/mol. The first kappa shape index (κ1) is 16.7. The van der Waals surface area contributed by atoms with E-state index in [4.69, 9.17) is 9.68 Å². The van der Waals surface area contributed by atoms with Crippen LogP contribution in [0.25, 0.3) is 0 Å². The van der Waals surface area contributed by atoms with Gasteiger partial charge in [0, 0.05) is 17.6 Å². The number of nitriles is 1. The summed E-state index contributed by atoms with van der Waals surface area (Å²) in [6.45, 7) is 1.69. The van der Waals surface area contributed by atoms with E-state index in [1.54, 1.807) is 19.5 Å². The fourth-order valence-corrected chi connectivity index (χ4v) is 3.98. The van der Waals surface area contributed by atoms with E-state index in [1.165, 1.54) is 6.20 Å². The first-order valence-corrected chi connectivity index (χ1v) is 8.73. The number of aryl methyl sites for hydroxylation is 1. The molecule has 1 amide bonds. The number of hydrogen-bond acceptors (Lipinski definition) is 7. The lowest BCUT2D eigenvalue weighted by Crippen LogP contribution is -2.44. The number of nitrogens with zero attached hydrogens (tertiary/aromatic N) is 3. The third-order valence-electron chi connectivity index (χ3n) is 5.27. The summed E-state index contributed by atoms with van der Waals surface area (Å²) in [7, 11) is 0. The summed E-state index contributed by atoms with van der Waals surface area (Å²) in [5, 5.41) is 12.0. The van der Waals surface area contributed by atoms with Gasteiger partial charge in [0.05, 0.1) is 30.5 Å². The molecule has 0 spiro atoms. The Labute approximate surface area is 151 Å². The highest BCUT2D eigenvalue weighted by Crippen LogP contribution is 2.38. The molecule has 2 aliphatic rings. The zero-order valence-electron chi connectivity index (χ0n) is 14.4. The van der Waals surface area contributed by atoms with E-state index in [9.17, 15) is 4.79 Å². The van der Waals surface area contributed by atoms with Crippen LogP contribution in [0.4, 0.5) is 0 Å². The van der Waals surface area contributed by atoms with E-state index in [2.05, 4.69) is 26.1 Å². The van der Waals surface area contributed by atoms with Crippen molar-refractivity contribution >= 4 is 5.91 Å². The van der Waals surface area contributed by atoms with Crippen LogP contribution in [-0.2, 0) is 0 Å². The van der Waals surface area contributed by atoms with Gasteiger partial charge >= 0.3 is 0 Å². The minimum absolute atomic E-state index is 0.0803. The van der Waals surface area contributed by atoms with Crippen molar-refractivity contribution in [3.8, 4) is 6.07 Å². The maximum absolute atomic E-state index is 12.6. The molecule has 2 aromatic heterocycles. The predicted molar refractivity (Wildman–Crippen MR) is 91.6 cm³/mol. The second-order valence-electron chi connectivity index (χ2n) is 6.88. The van der Waals surface area contributed by atoms with Gasteiger partial charge in [-0.05, 0) is 38.2 Å². The van der Waals surface area contributed by atoms with Gasteiger partial charge in [-0.25, -0.2) is 15.4 Å². The first-order valence-electron chi connectivity index (χ1n) is 8.73. The molecule has 3 heterocycles. The monoisotopic (exact) mass is 352 g/mol. The van der Waals surface area contributed by atoms with Crippen molar-refractivity contribution in [2.75, 3.05) is 0 Å². The molecule has 4 atom stereocenters. The molecule has 0 radical (unpaired) electrons. The van der Waals surface area contributed by atoms with E-state index >= 15 is 0 Å². The van der Waals surface area contributed by atoms with Crippen molar-refractivity contribution in [1.82, 2.24) is 26.1 Å². The van der Waals surface area contributed by atoms with Crippen LogP contribution in [0.3, 0.4) is 0 Å². The summed E-state index contributed by atoms with van der Waals surface area (Å²) in [6.07, 6.45) is 7.53. The summed E-state index contributed by atoms with van der Waals surface area (Å²) in [6, 6.07) is 4.55. The van der Waals surface area contributed by atoms with Crippen LogP contribution in [0.2, 0.25) is 0 Å². The fourth-order valence-electron chi connectivity index (χ4n) is 3.98. The molecule has 1 aliphatic carbocycles. The van der Waals surface area contributed by atoms with Crippen molar-refractivity contribution in [2.45, 2.75) is 44.3 Å². The Kier molecular flexibility index (Phi) is 4.41. The third-order valence-corrected chi connectivity index (χ3v) is 5.27. The molecule has 2 aromatic rings. The molecule has 2 fully saturated rings. The van der Waals surface area contributed by atoms with Gasteiger partial charge in [-0.2, -0.15) is 5.26 Å². The van der Waals surface area contributed by atoms with Crippen molar-refractivity contribution in [2.24, 2.45) is 5.92 Å². The van der Waals surface area contributed by atoms with Gasteiger partial charge in [0.15, 0.2) is 5.69 Å². The Bertz CT molecular complexity index is 844. The van der Waals surface area contributed by atoms with Crippen LogP contribution in [0.1, 0.15) is 52.7 Å². The zero-order chi connectivity index (χ0) is 18.1. The molecule has 3 N–H and O–H groups in total. The number of carbonyl (C=O) groups is 1. The van der Waals surface area contributed by atoms with Gasteiger partial charge in [-0.1, -0.05) is 0 Å². The number of amides is 1. The number of carbonyl (C=O) groups excluding carboxylic acids is 1. The Morgan fingerprint density at radius 3 is 3.04 bits per heavy atom. The van der Waals surface area contributed by atoms with Crippen molar-refractivity contribution < 1.29 is 9.21 Å². The van der Waals surface area contributed by atoms with E-state index in [-0.39, 0.29) is 29.4 Å². The number of aromatic nitrogens is 2. The molecular formula is C18H20N6O2. The molecular weight excluding hydrogens is 332 g/mol. The summed E-state index contributed by atoms with van der Waals surface area (Å²) in [5.74, 6) is 0.140. The quantitative estimate of drug-likeness (QED) is 0.764. The van der Waals surface area contributed by atoms with E-state index in [0.717, 1.165) is 24.8 Å². The van der Waals surface area contributed by atoms with Gasteiger partial charge in [0.25, 0.3) is 5.91 Å². The number of hydrogen-bond donors (Lipinski definition) is 3. The molecule has 1 aliphatic heterocycles. The summed E-state index contributed by atoms with van der Waals surface area (Å²) >= 11 is 0. The average Bonchev–Trinajstić information content (AvgIpc) is 3.30. The Balaban J connectivity index is 1.44. The maximum Gasteiger partial charge on any atom is 0.271 e. The van der Waals surface area contributed by atoms with Crippen LogP contribution < -0.4 is 16.2 Å². The minimum atomic E-state index is -0.235. The predicted octanol–water partition coefficient (Wildman–Crippen LogP) is 1.37. The Hall–Kier alpha value is -2.76. The highest BCUT2D eigenvalue weighted by Gasteiger charge is 2.41. The molecule has 4 rings (SSSR count). The van der Waals surface area contributed by atoms with Crippen molar-refractivity contribution in [1.29, 1.82) is 5.26 Å². The normalized spacial score (nSPS) is 27.5. The lowest BCUT2D eigenvalue weighted by molar-refractivity contribution is 0.0909. The number of fused-ring (bicyclic) bond motifs is 1. The molecule has 134 valence electrons. The first-order chi connectivity index (χ1) is 12.7. The highest BCUT2D eigenvalue weighted by atomic mass is 16.3. The smallest absolute Gasteiger partial charge is 0.271 e. The van der Waals surface area contributed by atoms with Gasteiger partial charge in [-0.15, -0.1) is 0 Å². The number of hydrazine groups is 1. The van der Waals surface area contributed by atoms with Crippen LogP contribution >= 0.6 is 0 Å². The van der Waals surface area contributed by atoms with Gasteiger partial charge < -0.3 is 9.73 Å². The summed E-state index contributed by atoms with van der Waals surface area (Å²) < 4.78 is 5.21. The fraction of sp³-hybridized carbons (Fsp3) is 0.444. The lowest BCUT2D eigenvalue weighted by Gasteiger charge is -2.33. The van der Waals surface area contributed by atoms with Crippen LogP contribution in [0, 0.1) is 24.2 Å². The summed E-state index contributed by atoms with van der Waals surface area (Å²) in [4.78, 5) is 20.8. The molecule has 0 bridgehead atoms. The van der Waals surface area contributed by atoms with Crippen LogP contribution in [0.15, 0.2) is 29.2 Å². The largest absolute Gasteiger partial charge is 0.472 e. The number of rotatable bonds is 3. The highest BCUT2D eigenvalue weighted by molar-refractivity contribution is 5.93. The Morgan fingerprint density at radius 1 is 1.42 bits per heavy atom. The number of nitrogens with one attached hydrogen (secondary N) is 3. The maximum atomic E-state index is 12.6. The molecule has 8 heteroatoms. The second kappa shape index (κ2) is 6.86. The SMILES string of the molecule is Cc1nc(C#N)cnc1C(=O)NC1CCC2NNC(c3ccoc3)C2C1. The molecule has 26 heavy (non-hydrogen) atoms. The van der Waals surface area contributed by atoms with Gasteiger partial charge in [0.2, 0.25) is 0 Å². The summed E-state index contributed by atoms with van der Waals surface area (Å²) in [5.41, 5.74) is 8.80. The zero-order valence-corrected chi connectivity index (χ0v) is 14.4. The molecule has 0 aromatic carbocycles. The standard InChI is InChI=1S/C18H20N6O2/c1-10-16(20-8-13(7-19)21-10)18(25)22-12-2-3-15-14(6-12)17(24-23-15)11-4-5-26-9-11/h4-5,8-9,12,14-15,17,23-24H,2-3,6H2,1H3,(H,22,25). The molecule has 8 nitrogen and oxygen atoms in total. The molecule has 4 unspecified atom stereocenters. The Morgan fingerprint density at radius 2 is 2.31 bits per heavy atom. The van der Waals surface area contributed by atoms with E-state index in [1.807, 2.05) is 12.1 Å². The van der Waals surface area contributed by atoms with Crippen LogP contribution in [0.5, 0.6) is 0 Å². The van der Waals surface area contributed by atoms with Gasteiger partial charge in [-0.3, -0.25) is 10.2 Å². The van der Waals surface area contributed by atoms with Crippen molar-refractivity contribution in [3.05, 3.63) is 47.4 Å². The van der Waals surface area contributed by atoms with Crippen LogP contribution in [-0.4, -0.2) is 28.0 Å². The topological polar surface area (TPSA) is 116 Å².